The quantitative estimate of drug-likeness (QED) is 0.732. The molecule has 0 atom stereocenters. The van der Waals surface area contributed by atoms with E-state index in [2.05, 4.69) is 25.4 Å². The van der Waals surface area contributed by atoms with Crippen molar-refractivity contribution < 1.29 is 31.1 Å². The molecule has 1 N–H and O–H groups in total. The van der Waals surface area contributed by atoms with Crippen molar-refractivity contribution >= 4 is 37.6 Å². The number of methoxy groups -OCH3 is 1. The fourth-order valence-electron chi connectivity index (χ4n) is 1.91. The van der Waals surface area contributed by atoms with E-state index in [1.165, 1.54) is 25.3 Å². The van der Waals surface area contributed by atoms with Crippen molar-refractivity contribution in [1.82, 2.24) is 0 Å². The van der Waals surface area contributed by atoms with Gasteiger partial charge in [0.05, 0.1) is 23.1 Å². The molecule has 0 fully saturated rings. The molecule has 0 heterocycles. The second-order valence-electron chi connectivity index (χ2n) is 4.81. The normalized spacial score (nSPS) is 11.9. The summed E-state index contributed by atoms with van der Waals surface area (Å²) in [6, 6.07) is 7.76. The summed E-state index contributed by atoms with van der Waals surface area (Å²) >= 11 is 2.78. The Labute approximate surface area is 150 Å². The molecule has 25 heavy (non-hydrogen) atoms. The molecule has 5 nitrogen and oxygen atoms in total. The molecule has 2 aromatic rings. The minimum absolute atomic E-state index is 0.143. The average Bonchev–Trinajstić information content (AvgIpc) is 2.54. The summed E-state index contributed by atoms with van der Waals surface area (Å²) in [4.78, 5) is 11.1. The highest BCUT2D eigenvalue weighted by Gasteiger charge is 2.33. The van der Waals surface area contributed by atoms with Crippen molar-refractivity contribution in [3.63, 3.8) is 0 Å². The van der Waals surface area contributed by atoms with E-state index < -0.39 is 27.7 Å². The Morgan fingerprint density at radius 2 is 1.72 bits per heavy atom. The lowest BCUT2D eigenvalue weighted by molar-refractivity contribution is -0.138. The molecule has 2 rings (SSSR count). The minimum atomic E-state index is -4.64. The molecule has 0 unspecified atom stereocenters. The van der Waals surface area contributed by atoms with E-state index in [-0.39, 0.29) is 20.6 Å². The van der Waals surface area contributed by atoms with Crippen molar-refractivity contribution in [2.45, 2.75) is 11.1 Å². The van der Waals surface area contributed by atoms with Crippen molar-refractivity contribution in [2.75, 3.05) is 11.8 Å². The van der Waals surface area contributed by atoms with Crippen molar-refractivity contribution in [1.29, 1.82) is 0 Å². The predicted octanol–water partition coefficient (Wildman–Crippen LogP) is 4.06. The number of halogens is 4. The van der Waals surface area contributed by atoms with Gasteiger partial charge in [0.25, 0.3) is 10.0 Å². The van der Waals surface area contributed by atoms with Crippen LogP contribution in [0.3, 0.4) is 0 Å². The zero-order valence-electron chi connectivity index (χ0n) is 12.6. The van der Waals surface area contributed by atoms with Gasteiger partial charge >= 0.3 is 12.1 Å². The van der Waals surface area contributed by atoms with Gasteiger partial charge in [0.15, 0.2) is 0 Å². The van der Waals surface area contributed by atoms with Gasteiger partial charge in [-0.1, -0.05) is 15.9 Å². The highest BCUT2D eigenvalue weighted by atomic mass is 79.9. The Morgan fingerprint density at radius 3 is 2.24 bits per heavy atom. The monoisotopic (exact) mass is 437 g/mol. The van der Waals surface area contributed by atoms with Crippen LogP contribution < -0.4 is 4.72 Å². The number of nitrogens with one attached hydrogen (secondary N) is 1. The van der Waals surface area contributed by atoms with Gasteiger partial charge in [-0.2, -0.15) is 13.2 Å². The predicted molar refractivity (Wildman–Crippen MR) is 87.7 cm³/mol. The summed E-state index contributed by atoms with van der Waals surface area (Å²) in [5, 5.41) is 0. The summed E-state index contributed by atoms with van der Waals surface area (Å²) in [6.07, 6.45) is -4.64. The van der Waals surface area contributed by atoms with E-state index in [9.17, 15) is 26.4 Å². The number of sulfonamides is 1. The second kappa shape index (κ2) is 7.04. The van der Waals surface area contributed by atoms with Gasteiger partial charge in [-0.15, -0.1) is 0 Å². The number of hydrogen-bond donors (Lipinski definition) is 1. The number of benzene rings is 2. The molecule has 134 valence electrons. The fraction of sp³-hybridized carbons (Fsp3) is 0.133. The van der Waals surface area contributed by atoms with E-state index in [4.69, 9.17) is 0 Å². The van der Waals surface area contributed by atoms with Gasteiger partial charge in [-0.3, -0.25) is 4.72 Å². The summed E-state index contributed by atoms with van der Waals surface area (Å²) in [7, 11) is -2.94. The third-order valence-corrected chi connectivity index (χ3v) is 5.20. The fourth-order valence-corrected chi connectivity index (χ4v) is 3.43. The third-order valence-electron chi connectivity index (χ3n) is 3.11. The summed E-state index contributed by atoms with van der Waals surface area (Å²) < 4.78 is 69.6. The molecule has 0 spiro atoms. The summed E-state index contributed by atoms with van der Waals surface area (Å²) in [5.74, 6) is -0.639. The van der Waals surface area contributed by atoms with E-state index >= 15 is 0 Å². The first-order valence-electron chi connectivity index (χ1n) is 6.62. The van der Waals surface area contributed by atoms with Crippen LogP contribution in [0.4, 0.5) is 18.9 Å². The van der Waals surface area contributed by atoms with Crippen molar-refractivity contribution in [3.05, 3.63) is 58.1 Å². The average molecular weight is 438 g/mol. The number of rotatable bonds is 4. The molecule has 0 aliphatic rings. The van der Waals surface area contributed by atoms with Gasteiger partial charge < -0.3 is 4.74 Å². The lowest BCUT2D eigenvalue weighted by Gasteiger charge is -2.13. The first-order valence-corrected chi connectivity index (χ1v) is 8.90. The number of anilines is 1. The van der Waals surface area contributed by atoms with Gasteiger partial charge in [0.2, 0.25) is 0 Å². The Hall–Kier alpha value is -2.07. The molecule has 0 radical (unpaired) electrons. The lowest BCUT2D eigenvalue weighted by Crippen LogP contribution is -2.14. The zero-order valence-corrected chi connectivity index (χ0v) is 15.0. The molecule has 2 aromatic carbocycles. The zero-order chi connectivity index (χ0) is 18.8. The number of ether oxygens (including phenoxy) is 1. The third kappa shape index (κ3) is 4.51. The van der Waals surface area contributed by atoms with Crippen LogP contribution in [0.5, 0.6) is 0 Å². The van der Waals surface area contributed by atoms with Crippen LogP contribution in [0.2, 0.25) is 0 Å². The van der Waals surface area contributed by atoms with Crippen LogP contribution in [0.25, 0.3) is 0 Å². The van der Waals surface area contributed by atoms with E-state index in [1.807, 2.05) is 0 Å². The molecule has 0 saturated heterocycles. The van der Waals surface area contributed by atoms with Crippen molar-refractivity contribution in [3.8, 4) is 0 Å². The molecule has 0 aliphatic heterocycles. The Kier molecular flexibility index (Phi) is 5.43. The Morgan fingerprint density at radius 1 is 1.12 bits per heavy atom. The SMILES string of the molecule is COC(=O)c1ccc(S(=O)(=O)Nc2ccc(Br)c(C(F)(F)F)c2)cc1. The standard InChI is InChI=1S/C15H11BrF3NO4S/c1-24-14(21)9-2-5-11(6-3-9)25(22,23)20-10-4-7-13(16)12(8-10)15(17,18)19/h2-8,20H,1H3. The van der Waals surface area contributed by atoms with E-state index in [0.717, 1.165) is 18.2 Å². The first-order chi connectivity index (χ1) is 11.5. The largest absolute Gasteiger partial charge is 0.465 e. The second-order valence-corrected chi connectivity index (χ2v) is 7.35. The van der Waals surface area contributed by atoms with Crippen molar-refractivity contribution in [2.24, 2.45) is 0 Å². The van der Waals surface area contributed by atoms with Crippen LogP contribution in [-0.4, -0.2) is 21.5 Å². The Balaban J connectivity index is 2.31. The van der Waals surface area contributed by atoms with Crippen LogP contribution in [-0.2, 0) is 20.9 Å². The van der Waals surface area contributed by atoms with E-state index in [0.29, 0.717) is 6.07 Å². The molecule has 10 heteroatoms. The molecule has 0 aromatic heterocycles. The summed E-state index contributed by atoms with van der Waals surface area (Å²) in [6.45, 7) is 0. The number of hydrogen-bond acceptors (Lipinski definition) is 4. The number of alkyl halides is 3. The van der Waals surface area contributed by atoms with Gasteiger partial charge in [0.1, 0.15) is 0 Å². The lowest BCUT2D eigenvalue weighted by atomic mass is 10.2. The van der Waals surface area contributed by atoms with Crippen LogP contribution >= 0.6 is 15.9 Å². The van der Waals surface area contributed by atoms with Crippen LogP contribution in [0.15, 0.2) is 51.8 Å². The summed E-state index contributed by atoms with van der Waals surface area (Å²) in [5.41, 5.74) is -1.11. The highest BCUT2D eigenvalue weighted by molar-refractivity contribution is 9.10. The highest BCUT2D eigenvalue weighted by Crippen LogP contribution is 2.36. The molecule has 0 aliphatic carbocycles. The topological polar surface area (TPSA) is 72.5 Å². The maximum absolute atomic E-state index is 12.9. The molecule has 0 bridgehead atoms. The maximum Gasteiger partial charge on any atom is 0.417 e. The molecular weight excluding hydrogens is 427 g/mol. The molecular formula is C15H11BrF3NO4S. The van der Waals surface area contributed by atoms with Gasteiger partial charge in [0, 0.05) is 10.2 Å². The van der Waals surface area contributed by atoms with E-state index in [1.54, 1.807) is 0 Å². The smallest absolute Gasteiger partial charge is 0.417 e. The van der Waals surface area contributed by atoms with Gasteiger partial charge in [-0.05, 0) is 42.5 Å². The number of esters is 1. The number of carbonyl (C=O) groups is 1. The van der Waals surface area contributed by atoms with Gasteiger partial charge in [-0.25, -0.2) is 13.2 Å². The maximum atomic E-state index is 12.9. The first kappa shape index (κ1) is 19.3. The Bertz CT molecular complexity index is 896. The minimum Gasteiger partial charge on any atom is -0.465 e. The molecule has 0 saturated carbocycles. The van der Waals surface area contributed by atoms with Crippen LogP contribution in [0, 0.1) is 0 Å². The number of carbonyl (C=O) groups excluding carboxylic acids is 1. The molecule has 0 amide bonds. The van der Waals surface area contributed by atoms with Crippen LogP contribution in [0.1, 0.15) is 15.9 Å².